The summed E-state index contributed by atoms with van der Waals surface area (Å²) in [6, 6.07) is 0. The van der Waals surface area contributed by atoms with Gasteiger partial charge in [-0.15, -0.1) is 0 Å². The lowest BCUT2D eigenvalue weighted by atomic mass is 10.4. The molecule has 6 nitrogen and oxygen atoms in total. The van der Waals surface area contributed by atoms with Crippen molar-refractivity contribution in [3.8, 4) is 0 Å². The van der Waals surface area contributed by atoms with Gasteiger partial charge in [-0.25, -0.2) is 9.59 Å². The van der Waals surface area contributed by atoms with Crippen LogP contribution in [0, 0.1) is 0 Å². The number of carbonyl (C=O) groups is 2. The predicted molar refractivity (Wildman–Crippen MR) is 60.5 cm³/mol. The van der Waals surface area contributed by atoms with E-state index < -0.39 is 27.8 Å². The molecular weight excluding hydrogens is 248 g/mol. The van der Waals surface area contributed by atoms with Crippen LogP contribution in [0.3, 0.4) is 0 Å². The van der Waals surface area contributed by atoms with Crippen LogP contribution in [-0.2, 0) is 28.6 Å². The van der Waals surface area contributed by atoms with Crippen molar-refractivity contribution in [3.63, 3.8) is 0 Å². The molecule has 0 amide bonds. The van der Waals surface area contributed by atoms with E-state index in [9.17, 15) is 18.0 Å². The van der Waals surface area contributed by atoms with E-state index in [1.54, 1.807) is 0 Å². The molecule has 0 bridgehead atoms. The van der Waals surface area contributed by atoms with Crippen LogP contribution in [0.4, 0.5) is 0 Å². The molecule has 0 saturated heterocycles. The molecular formula is C10H14O6S. The first-order valence-electron chi connectivity index (χ1n) is 4.69. The number of ether oxygens (including phenoxy) is 1. The molecule has 0 saturated carbocycles. The van der Waals surface area contributed by atoms with Crippen LogP contribution in [0.15, 0.2) is 24.8 Å². The Morgan fingerprint density at radius 2 is 1.94 bits per heavy atom. The molecule has 0 rings (SSSR count). The fraction of sp³-hybridized carbons (Fsp3) is 0.400. The fourth-order valence-corrected chi connectivity index (χ4v) is 1.62. The van der Waals surface area contributed by atoms with Crippen LogP contribution in [0.5, 0.6) is 0 Å². The summed E-state index contributed by atoms with van der Waals surface area (Å²) < 4.78 is 31.2. The first-order chi connectivity index (χ1) is 7.78. The zero-order valence-electron chi connectivity index (χ0n) is 9.47. The summed E-state index contributed by atoms with van der Waals surface area (Å²) in [7, 11) is -3.96. The van der Waals surface area contributed by atoms with Gasteiger partial charge in [-0.05, 0) is 13.3 Å². The van der Waals surface area contributed by atoms with Gasteiger partial charge < -0.3 is 8.92 Å². The molecule has 0 unspecified atom stereocenters. The minimum absolute atomic E-state index is 0.00772. The quantitative estimate of drug-likeness (QED) is 0.288. The van der Waals surface area contributed by atoms with Gasteiger partial charge in [0.1, 0.15) is 0 Å². The highest BCUT2D eigenvalue weighted by Gasteiger charge is 2.17. The average molecular weight is 262 g/mol. The molecule has 0 heterocycles. The standard InChI is InChI=1S/C10H14O6S/c1-4-9(11)15-6-5-7-17(13,14)16-10(12)8(2)3/h4H,1-2,5-7H2,3H3. The zero-order valence-corrected chi connectivity index (χ0v) is 10.3. The van der Waals surface area contributed by atoms with E-state index in [0.29, 0.717) is 0 Å². The van der Waals surface area contributed by atoms with Crippen LogP contribution in [0.25, 0.3) is 0 Å². The Morgan fingerprint density at radius 1 is 1.35 bits per heavy atom. The lowest BCUT2D eigenvalue weighted by Crippen LogP contribution is -2.18. The summed E-state index contributed by atoms with van der Waals surface area (Å²) in [5.74, 6) is -2.05. The van der Waals surface area contributed by atoms with Crippen molar-refractivity contribution >= 4 is 22.1 Å². The van der Waals surface area contributed by atoms with E-state index in [4.69, 9.17) is 0 Å². The molecule has 0 aliphatic heterocycles. The van der Waals surface area contributed by atoms with Crippen molar-refractivity contribution in [1.82, 2.24) is 0 Å². The molecule has 0 N–H and O–H groups in total. The van der Waals surface area contributed by atoms with E-state index in [0.717, 1.165) is 6.08 Å². The van der Waals surface area contributed by atoms with E-state index in [2.05, 4.69) is 22.1 Å². The molecule has 0 aromatic rings. The zero-order chi connectivity index (χ0) is 13.5. The molecule has 96 valence electrons. The minimum atomic E-state index is -3.96. The number of carbonyl (C=O) groups excluding carboxylic acids is 2. The van der Waals surface area contributed by atoms with Crippen molar-refractivity contribution in [2.24, 2.45) is 0 Å². The molecule has 0 aliphatic rings. The predicted octanol–water partition coefficient (Wildman–Crippen LogP) is 0.555. The van der Waals surface area contributed by atoms with Gasteiger partial charge in [0.15, 0.2) is 0 Å². The van der Waals surface area contributed by atoms with Gasteiger partial charge in [-0.1, -0.05) is 13.2 Å². The highest BCUT2D eigenvalue weighted by molar-refractivity contribution is 7.87. The normalized spacial score (nSPS) is 10.4. The lowest BCUT2D eigenvalue weighted by molar-refractivity contribution is -0.137. The maximum Gasteiger partial charge on any atom is 0.348 e. The van der Waals surface area contributed by atoms with E-state index in [-0.39, 0.29) is 18.6 Å². The Bertz CT molecular complexity index is 420. The molecule has 0 radical (unpaired) electrons. The second kappa shape index (κ2) is 6.85. The van der Waals surface area contributed by atoms with E-state index in [1.807, 2.05) is 0 Å². The van der Waals surface area contributed by atoms with Crippen LogP contribution >= 0.6 is 0 Å². The second-order valence-corrected chi connectivity index (χ2v) is 4.83. The summed E-state index contributed by atoms with van der Waals surface area (Å²) in [6.07, 6.45) is 1.00. The fourth-order valence-electron chi connectivity index (χ4n) is 0.696. The minimum Gasteiger partial charge on any atom is -0.463 e. The maximum atomic E-state index is 11.2. The topological polar surface area (TPSA) is 86.7 Å². The van der Waals surface area contributed by atoms with Crippen molar-refractivity contribution in [2.75, 3.05) is 12.4 Å². The van der Waals surface area contributed by atoms with Crippen LogP contribution in [0.1, 0.15) is 13.3 Å². The smallest absolute Gasteiger partial charge is 0.348 e. The summed E-state index contributed by atoms with van der Waals surface area (Å²) in [4.78, 5) is 21.6. The van der Waals surface area contributed by atoms with E-state index >= 15 is 0 Å². The maximum absolute atomic E-state index is 11.2. The molecule has 0 aliphatic carbocycles. The van der Waals surface area contributed by atoms with Crippen molar-refractivity contribution in [3.05, 3.63) is 24.8 Å². The van der Waals surface area contributed by atoms with Gasteiger partial charge in [-0.2, -0.15) is 8.42 Å². The number of esters is 1. The third-order valence-corrected chi connectivity index (χ3v) is 2.69. The highest BCUT2D eigenvalue weighted by Crippen LogP contribution is 2.02. The molecule has 0 atom stereocenters. The van der Waals surface area contributed by atoms with E-state index in [1.165, 1.54) is 6.92 Å². The Kier molecular flexibility index (Phi) is 6.19. The van der Waals surface area contributed by atoms with Crippen molar-refractivity contribution < 1.29 is 26.9 Å². The van der Waals surface area contributed by atoms with Crippen molar-refractivity contribution in [2.45, 2.75) is 13.3 Å². The van der Waals surface area contributed by atoms with Gasteiger partial charge in [0.05, 0.1) is 12.4 Å². The van der Waals surface area contributed by atoms with Crippen LogP contribution in [0.2, 0.25) is 0 Å². The Balaban J connectivity index is 4.03. The molecule has 17 heavy (non-hydrogen) atoms. The molecule has 0 aromatic heterocycles. The monoisotopic (exact) mass is 262 g/mol. The second-order valence-electron chi connectivity index (χ2n) is 3.14. The van der Waals surface area contributed by atoms with Crippen LogP contribution < -0.4 is 0 Å². The summed E-state index contributed by atoms with van der Waals surface area (Å²) in [6.45, 7) is 7.67. The third kappa shape index (κ3) is 7.29. The number of hydrogen-bond donors (Lipinski definition) is 0. The third-order valence-electron chi connectivity index (χ3n) is 1.50. The largest absolute Gasteiger partial charge is 0.463 e. The highest BCUT2D eigenvalue weighted by atomic mass is 32.2. The Morgan fingerprint density at radius 3 is 2.41 bits per heavy atom. The first-order valence-corrected chi connectivity index (χ1v) is 6.27. The van der Waals surface area contributed by atoms with Crippen LogP contribution in [-0.4, -0.2) is 32.7 Å². The average Bonchev–Trinajstić information content (AvgIpc) is 2.23. The first kappa shape index (κ1) is 15.4. The summed E-state index contributed by atoms with van der Waals surface area (Å²) >= 11 is 0. The lowest BCUT2D eigenvalue weighted by Gasteiger charge is -2.05. The molecule has 0 spiro atoms. The summed E-state index contributed by atoms with van der Waals surface area (Å²) in [5.41, 5.74) is -0.00772. The van der Waals surface area contributed by atoms with Gasteiger partial charge in [0.2, 0.25) is 0 Å². The van der Waals surface area contributed by atoms with Crippen molar-refractivity contribution in [1.29, 1.82) is 0 Å². The molecule has 7 heteroatoms. The molecule has 0 fully saturated rings. The van der Waals surface area contributed by atoms with Gasteiger partial charge in [0, 0.05) is 11.6 Å². The number of hydrogen-bond acceptors (Lipinski definition) is 6. The Labute approximate surface area is 100 Å². The molecule has 0 aromatic carbocycles. The SMILES string of the molecule is C=CC(=O)OCCCS(=O)(=O)OC(=O)C(=C)C. The Hall–Kier alpha value is -1.63. The summed E-state index contributed by atoms with van der Waals surface area (Å²) in [5, 5.41) is 0. The number of rotatable bonds is 7. The van der Waals surface area contributed by atoms with Gasteiger partial charge in [-0.3, -0.25) is 0 Å². The van der Waals surface area contributed by atoms with Gasteiger partial charge >= 0.3 is 22.1 Å². The van der Waals surface area contributed by atoms with Gasteiger partial charge in [0.25, 0.3) is 0 Å².